The monoisotopic (exact) mass is 357 g/mol. The van der Waals surface area contributed by atoms with Gasteiger partial charge in [0.15, 0.2) is 9.84 Å². The fraction of sp³-hybridized carbons (Fsp3) is 0.154. The second kappa shape index (κ2) is 6.48. The number of rotatable bonds is 4. The highest BCUT2D eigenvalue weighted by Crippen LogP contribution is 2.18. The Kier molecular flexibility index (Phi) is 4.86. The van der Waals surface area contributed by atoms with E-state index in [9.17, 15) is 13.2 Å². The highest BCUT2D eigenvalue weighted by atomic mass is 35.5. The molecular weight excluding hydrogens is 349 g/mol. The Morgan fingerprint density at radius 1 is 1.18 bits per heavy atom. The van der Waals surface area contributed by atoms with Crippen molar-refractivity contribution in [2.75, 3.05) is 0 Å². The van der Waals surface area contributed by atoms with Crippen LogP contribution >= 0.6 is 23.2 Å². The molecular formula is C13H9Cl2N3O3S. The molecule has 0 saturated carbocycles. The minimum Gasteiger partial charge on any atom is -0.288 e. The van der Waals surface area contributed by atoms with Gasteiger partial charge in [0.1, 0.15) is 10.8 Å². The number of hydrogen-bond acceptors (Lipinski definition) is 5. The quantitative estimate of drug-likeness (QED) is 0.901. The summed E-state index contributed by atoms with van der Waals surface area (Å²) >= 11 is 11.4. The van der Waals surface area contributed by atoms with Gasteiger partial charge in [0, 0.05) is 11.1 Å². The number of benzene rings is 1. The van der Waals surface area contributed by atoms with Crippen molar-refractivity contribution in [3.63, 3.8) is 0 Å². The maximum Gasteiger partial charge on any atom is 0.205 e. The Labute approximate surface area is 136 Å². The summed E-state index contributed by atoms with van der Waals surface area (Å²) in [6.07, 6.45) is 0. The molecule has 2 aromatic rings. The van der Waals surface area contributed by atoms with E-state index < -0.39 is 21.0 Å². The lowest BCUT2D eigenvalue weighted by atomic mass is 10.1. The average Bonchev–Trinajstić information content (AvgIpc) is 2.40. The van der Waals surface area contributed by atoms with Crippen molar-refractivity contribution in [3.05, 3.63) is 61.5 Å². The standard InChI is InChI=1S/C13H9Cl2N3O3S/c14-10-2-8(5-16)1-9(3-10)6-22(20,21)7-11-12(19)4-13(15)18-17-11/h1-4H,6-7H2,(H,18,19). The Balaban J connectivity index is 2.27. The highest BCUT2D eigenvalue weighted by molar-refractivity contribution is 7.89. The molecule has 1 aromatic heterocycles. The molecule has 0 bridgehead atoms. The van der Waals surface area contributed by atoms with E-state index in [1.807, 2.05) is 6.07 Å². The second-order valence-electron chi connectivity index (χ2n) is 4.52. The van der Waals surface area contributed by atoms with E-state index in [-0.39, 0.29) is 27.2 Å². The van der Waals surface area contributed by atoms with Crippen LogP contribution in [0.2, 0.25) is 10.2 Å². The molecule has 0 spiro atoms. The fourth-order valence-corrected chi connectivity index (χ4v) is 3.62. The van der Waals surface area contributed by atoms with Crippen LogP contribution < -0.4 is 5.43 Å². The molecule has 2 rings (SSSR count). The molecule has 1 heterocycles. The molecule has 0 saturated heterocycles. The summed E-state index contributed by atoms with van der Waals surface area (Å²) in [4.78, 5) is 11.6. The number of aromatic nitrogens is 2. The number of H-pyrrole nitrogens is 1. The van der Waals surface area contributed by atoms with Gasteiger partial charge in [0.25, 0.3) is 0 Å². The first-order valence-corrected chi connectivity index (χ1v) is 8.51. The Morgan fingerprint density at radius 3 is 2.55 bits per heavy atom. The van der Waals surface area contributed by atoms with Gasteiger partial charge in [-0.3, -0.25) is 9.89 Å². The number of nitrogens with zero attached hydrogens (tertiary/aromatic N) is 2. The molecule has 0 aliphatic carbocycles. The predicted molar refractivity (Wildman–Crippen MR) is 82.4 cm³/mol. The van der Waals surface area contributed by atoms with Crippen molar-refractivity contribution in [1.82, 2.24) is 10.2 Å². The van der Waals surface area contributed by atoms with Crippen LogP contribution in [0.25, 0.3) is 0 Å². The predicted octanol–water partition coefficient (Wildman–Crippen LogP) is 2.06. The molecule has 0 atom stereocenters. The van der Waals surface area contributed by atoms with Crippen LogP contribution in [0.1, 0.15) is 16.8 Å². The summed E-state index contributed by atoms with van der Waals surface area (Å²) < 4.78 is 24.3. The van der Waals surface area contributed by atoms with Gasteiger partial charge >= 0.3 is 0 Å². The SMILES string of the molecule is N#Cc1cc(Cl)cc(CS(=O)(=O)Cc2n[nH]c(Cl)cc2=O)c1. The van der Waals surface area contributed by atoms with Crippen molar-refractivity contribution in [2.45, 2.75) is 11.5 Å². The number of sulfone groups is 1. The second-order valence-corrected chi connectivity index (χ2v) is 7.43. The lowest BCUT2D eigenvalue weighted by Crippen LogP contribution is -2.18. The van der Waals surface area contributed by atoms with Gasteiger partial charge < -0.3 is 0 Å². The van der Waals surface area contributed by atoms with E-state index >= 15 is 0 Å². The fourth-order valence-electron chi connectivity index (χ4n) is 1.82. The van der Waals surface area contributed by atoms with E-state index in [0.29, 0.717) is 5.56 Å². The Bertz CT molecular complexity index is 917. The number of nitriles is 1. The van der Waals surface area contributed by atoms with Crippen LogP contribution in [0.5, 0.6) is 0 Å². The van der Waals surface area contributed by atoms with Crippen LogP contribution in [-0.2, 0) is 21.3 Å². The van der Waals surface area contributed by atoms with Gasteiger partial charge in [0.05, 0.1) is 23.1 Å². The van der Waals surface area contributed by atoms with Crippen LogP contribution in [0, 0.1) is 11.3 Å². The van der Waals surface area contributed by atoms with Crippen LogP contribution in [0.15, 0.2) is 29.1 Å². The maximum atomic E-state index is 12.2. The zero-order chi connectivity index (χ0) is 16.3. The van der Waals surface area contributed by atoms with E-state index in [1.54, 1.807) is 0 Å². The molecule has 22 heavy (non-hydrogen) atoms. The summed E-state index contributed by atoms with van der Waals surface area (Å²) in [5.74, 6) is -0.889. The van der Waals surface area contributed by atoms with E-state index in [2.05, 4.69) is 10.2 Å². The maximum absolute atomic E-state index is 12.2. The topological polar surface area (TPSA) is 104 Å². The molecule has 1 aromatic carbocycles. The van der Waals surface area contributed by atoms with Gasteiger partial charge in [-0.25, -0.2) is 8.42 Å². The highest BCUT2D eigenvalue weighted by Gasteiger charge is 2.17. The molecule has 1 N–H and O–H groups in total. The van der Waals surface area contributed by atoms with Crippen molar-refractivity contribution in [1.29, 1.82) is 5.26 Å². The normalized spacial score (nSPS) is 11.1. The van der Waals surface area contributed by atoms with Crippen molar-refractivity contribution in [3.8, 4) is 6.07 Å². The molecule has 114 valence electrons. The largest absolute Gasteiger partial charge is 0.288 e. The first-order valence-electron chi connectivity index (χ1n) is 5.93. The lowest BCUT2D eigenvalue weighted by molar-refractivity contribution is 0.593. The summed E-state index contributed by atoms with van der Waals surface area (Å²) in [6.45, 7) is 0. The molecule has 0 fully saturated rings. The third-order valence-electron chi connectivity index (χ3n) is 2.67. The minimum absolute atomic E-state index is 0.0275. The van der Waals surface area contributed by atoms with Gasteiger partial charge in [-0.15, -0.1) is 0 Å². The van der Waals surface area contributed by atoms with Crippen molar-refractivity contribution >= 4 is 33.0 Å². The molecule has 0 aliphatic heterocycles. The van der Waals surface area contributed by atoms with E-state index in [0.717, 1.165) is 6.07 Å². The Hall–Kier alpha value is -1.88. The van der Waals surface area contributed by atoms with Crippen molar-refractivity contribution < 1.29 is 8.42 Å². The smallest absolute Gasteiger partial charge is 0.205 e. The van der Waals surface area contributed by atoms with E-state index in [4.69, 9.17) is 28.5 Å². The Morgan fingerprint density at radius 2 is 1.91 bits per heavy atom. The molecule has 0 unspecified atom stereocenters. The third-order valence-corrected chi connectivity index (χ3v) is 4.57. The molecule has 9 heteroatoms. The summed E-state index contributed by atoms with van der Waals surface area (Å²) in [5.41, 5.74) is -0.0716. The summed E-state index contributed by atoms with van der Waals surface area (Å²) in [5, 5.41) is 15.1. The molecule has 0 aliphatic rings. The molecule has 0 amide bonds. The van der Waals surface area contributed by atoms with E-state index in [1.165, 1.54) is 18.2 Å². The first-order chi connectivity index (χ1) is 10.3. The van der Waals surface area contributed by atoms with Gasteiger partial charge in [0.2, 0.25) is 5.43 Å². The zero-order valence-corrected chi connectivity index (χ0v) is 13.3. The van der Waals surface area contributed by atoms with Gasteiger partial charge in [-0.2, -0.15) is 10.4 Å². The number of aromatic amines is 1. The summed E-state index contributed by atoms with van der Waals surface area (Å²) in [7, 11) is -3.66. The van der Waals surface area contributed by atoms with Crippen molar-refractivity contribution in [2.24, 2.45) is 0 Å². The number of nitrogens with one attached hydrogen (secondary N) is 1. The van der Waals surface area contributed by atoms with Gasteiger partial charge in [-0.1, -0.05) is 23.2 Å². The average molecular weight is 358 g/mol. The third kappa shape index (κ3) is 4.31. The summed E-state index contributed by atoms with van der Waals surface area (Å²) in [6, 6.07) is 7.28. The molecule has 6 nitrogen and oxygen atoms in total. The van der Waals surface area contributed by atoms with Crippen LogP contribution in [-0.4, -0.2) is 18.6 Å². The van der Waals surface area contributed by atoms with Crippen LogP contribution in [0.4, 0.5) is 0 Å². The number of halogens is 2. The lowest BCUT2D eigenvalue weighted by Gasteiger charge is -2.05. The minimum atomic E-state index is -3.66. The number of hydrogen-bond donors (Lipinski definition) is 1. The zero-order valence-electron chi connectivity index (χ0n) is 11.0. The molecule has 0 radical (unpaired) electrons. The first kappa shape index (κ1) is 16.5. The van der Waals surface area contributed by atoms with Gasteiger partial charge in [-0.05, 0) is 23.8 Å². The van der Waals surface area contributed by atoms with Crippen LogP contribution in [0.3, 0.4) is 0 Å².